The number of hydrogen-bond donors (Lipinski definition) is 0. The number of nitrogens with zero attached hydrogens (tertiary/aromatic N) is 3. The van der Waals surface area contributed by atoms with E-state index in [2.05, 4.69) is 4.98 Å². The second-order valence-corrected chi connectivity index (χ2v) is 2.91. The van der Waals surface area contributed by atoms with Crippen molar-refractivity contribution < 1.29 is 9.53 Å². The SMILES string of the molecule is N#Cc1nccn1C(=O)Oc1ccccc1. The largest absolute Gasteiger partial charge is 0.425 e. The average Bonchev–Trinajstić information content (AvgIpc) is 2.78. The smallest absolute Gasteiger partial charge is 0.410 e. The summed E-state index contributed by atoms with van der Waals surface area (Å²) in [6, 6.07) is 10.4. The van der Waals surface area contributed by atoms with Gasteiger partial charge < -0.3 is 4.74 Å². The van der Waals surface area contributed by atoms with Crippen LogP contribution in [0.1, 0.15) is 5.82 Å². The highest BCUT2D eigenvalue weighted by Gasteiger charge is 2.11. The first-order valence-corrected chi connectivity index (χ1v) is 4.52. The maximum absolute atomic E-state index is 11.6. The number of para-hydroxylation sites is 1. The van der Waals surface area contributed by atoms with E-state index in [1.807, 2.05) is 6.07 Å². The number of benzene rings is 1. The van der Waals surface area contributed by atoms with E-state index in [0.717, 1.165) is 4.57 Å². The molecule has 0 aliphatic carbocycles. The Balaban J connectivity index is 2.19. The summed E-state index contributed by atoms with van der Waals surface area (Å²) in [5.41, 5.74) is 0. The lowest BCUT2D eigenvalue weighted by Crippen LogP contribution is -2.17. The van der Waals surface area contributed by atoms with E-state index in [0.29, 0.717) is 5.75 Å². The van der Waals surface area contributed by atoms with Crippen LogP contribution in [0.15, 0.2) is 42.7 Å². The Hall–Kier alpha value is -2.61. The van der Waals surface area contributed by atoms with E-state index in [-0.39, 0.29) is 5.82 Å². The Morgan fingerprint density at radius 3 is 2.81 bits per heavy atom. The first kappa shape index (κ1) is 9.93. The van der Waals surface area contributed by atoms with Crippen LogP contribution in [0.4, 0.5) is 4.79 Å². The van der Waals surface area contributed by atoms with Gasteiger partial charge in [-0.05, 0) is 12.1 Å². The molecule has 0 spiro atoms. The molecule has 0 fully saturated rings. The van der Waals surface area contributed by atoms with Crippen molar-refractivity contribution in [3.63, 3.8) is 0 Å². The lowest BCUT2D eigenvalue weighted by atomic mass is 10.3. The predicted molar refractivity (Wildman–Crippen MR) is 54.8 cm³/mol. The highest BCUT2D eigenvalue weighted by molar-refractivity contribution is 5.74. The number of hydrogen-bond acceptors (Lipinski definition) is 4. The Kier molecular flexibility index (Phi) is 2.65. The summed E-state index contributed by atoms with van der Waals surface area (Å²) >= 11 is 0. The van der Waals surface area contributed by atoms with Crippen LogP contribution >= 0.6 is 0 Å². The van der Waals surface area contributed by atoms with Crippen molar-refractivity contribution in [3.05, 3.63) is 48.5 Å². The molecule has 5 nitrogen and oxygen atoms in total. The molecule has 2 rings (SSSR count). The molecular formula is C11H7N3O2. The molecule has 0 saturated heterocycles. The fourth-order valence-corrected chi connectivity index (χ4v) is 1.17. The number of nitriles is 1. The van der Waals surface area contributed by atoms with Crippen LogP contribution in [0.3, 0.4) is 0 Å². The number of ether oxygens (including phenoxy) is 1. The van der Waals surface area contributed by atoms with Crippen LogP contribution in [0, 0.1) is 11.3 Å². The van der Waals surface area contributed by atoms with Gasteiger partial charge in [0.05, 0.1) is 0 Å². The molecular weight excluding hydrogens is 206 g/mol. The Morgan fingerprint density at radius 2 is 2.12 bits per heavy atom. The standard InChI is InChI=1S/C11H7N3O2/c12-8-10-13-6-7-14(10)11(15)16-9-4-2-1-3-5-9/h1-7H. The van der Waals surface area contributed by atoms with Crippen molar-refractivity contribution in [2.75, 3.05) is 0 Å². The summed E-state index contributed by atoms with van der Waals surface area (Å²) in [6.45, 7) is 0. The lowest BCUT2D eigenvalue weighted by Gasteiger charge is -2.03. The van der Waals surface area contributed by atoms with E-state index in [9.17, 15) is 4.79 Å². The molecule has 0 atom stereocenters. The molecule has 2 aromatic rings. The van der Waals surface area contributed by atoms with Crippen LogP contribution < -0.4 is 4.74 Å². The minimum absolute atomic E-state index is 0.000862. The van der Waals surface area contributed by atoms with Gasteiger partial charge in [0.25, 0.3) is 0 Å². The highest BCUT2D eigenvalue weighted by atomic mass is 16.6. The Bertz CT molecular complexity index is 540. The van der Waals surface area contributed by atoms with Gasteiger partial charge in [-0.1, -0.05) is 18.2 Å². The molecule has 0 saturated carbocycles. The second kappa shape index (κ2) is 4.28. The van der Waals surface area contributed by atoms with E-state index in [1.165, 1.54) is 12.4 Å². The first-order chi connectivity index (χ1) is 7.81. The van der Waals surface area contributed by atoms with Gasteiger partial charge in [-0.15, -0.1) is 0 Å². The molecule has 1 heterocycles. The number of carbonyl (C=O) groups excluding carboxylic acids is 1. The Labute approximate surface area is 91.5 Å². The molecule has 0 aliphatic rings. The van der Waals surface area contributed by atoms with Gasteiger partial charge in [-0.2, -0.15) is 5.26 Å². The van der Waals surface area contributed by atoms with Gasteiger partial charge in [0.15, 0.2) is 0 Å². The number of imidazole rings is 1. The zero-order chi connectivity index (χ0) is 11.4. The average molecular weight is 213 g/mol. The summed E-state index contributed by atoms with van der Waals surface area (Å²) < 4.78 is 6.08. The maximum Gasteiger partial charge on any atom is 0.425 e. The summed E-state index contributed by atoms with van der Waals surface area (Å²) in [7, 11) is 0. The van der Waals surface area contributed by atoms with Gasteiger partial charge in [0.1, 0.15) is 11.8 Å². The third-order valence-corrected chi connectivity index (χ3v) is 1.89. The molecule has 0 aliphatic heterocycles. The molecule has 0 amide bonds. The third kappa shape index (κ3) is 1.91. The summed E-state index contributed by atoms with van der Waals surface area (Å²) in [4.78, 5) is 15.3. The molecule has 0 unspecified atom stereocenters. The van der Waals surface area contributed by atoms with Gasteiger partial charge >= 0.3 is 6.09 Å². The minimum atomic E-state index is -0.653. The van der Waals surface area contributed by atoms with Crippen molar-refractivity contribution in [2.45, 2.75) is 0 Å². The molecule has 0 radical (unpaired) electrons. The zero-order valence-electron chi connectivity index (χ0n) is 8.20. The summed E-state index contributed by atoms with van der Waals surface area (Å²) in [6.07, 6.45) is 2.09. The van der Waals surface area contributed by atoms with Crippen molar-refractivity contribution in [1.29, 1.82) is 5.26 Å². The van der Waals surface area contributed by atoms with Crippen LogP contribution in [-0.4, -0.2) is 15.6 Å². The fourth-order valence-electron chi connectivity index (χ4n) is 1.17. The van der Waals surface area contributed by atoms with Gasteiger partial charge in [-0.25, -0.2) is 14.3 Å². The first-order valence-electron chi connectivity index (χ1n) is 4.52. The van der Waals surface area contributed by atoms with Gasteiger partial charge in [-0.3, -0.25) is 0 Å². The van der Waals surface area contributed by atoms with E-state index >= 15 is 0 Å². The Morgan fingerprint density at radius 1 is 1.38 bits per heavy atom. The fraction of sp³-hybridized carbons (Fsp3) is 0. The van der Waals surface area contributed by atoms with E-state index < -0.39 is 6.09 Å². The van der Waals surface area contributed by atoms with Crippen molar-refractivity contribution in [3.8, 4) is 11.8 Å². The predicted octanol–water partition coefficient (Wildman–Crippen LogP) is 1.80. The molecule has 0 bridgehead atoms. The number of carbonyl (C=O) groups is 1. The molecule has 1 aromatic carbocycles. The van der Waals surface area contributed by atoms with E-state index in [4.69, 9.17) is 10.00 Å². The molecule has 16 heavy (non-hydrogen) atoms. The molecule has 1 aromatic heterocycles. The van der Waals surface area contributed by atoms with Crippen LogP contribution in [0.25, 0.3) is 0 Å². The molecule has 78 valence electrons. The lowest BCUT2D eigenvalue weighted by molar-refractivity contribution is 0.202. The summed E-state index contributed by atoms with van der Waals surface area (Å²) in [5.74, 6) is 0.422. The van der Waals surface area contributed by atoms with Crippen molar-refractivity contribution >= 4 is 6.09 Å². The second-order valence-electron chi connectivity index (χ2n) is 2.91. The molecule has 5 heteroatoms. The van der Waals surface area contributed by atoms with Gasteiger partial charge in [0, 0.05) is 12.4 Å². The van der Waals surface area contributed by atoms with Crippen LogP contribution in [0.2, 0.25) is 0 Å². The summed E-state index contributed by atoms with van der Waals surface area (Å²) in [5, 5.41) is 8.68. The van der Waals surface area contributed by atoms with Crippen LogP contribution in [0.5, 0.6) is 5.75 Å². The normalized spacial score (nSPS) is 9.44. The van der Waals surface area contributed by atoms with Crippen molar-refractivity contribution in [1.82, 2.24) is 9.55 Å². The van der Waals surface area contributed by atoms with Gasteiger partial charge in [0.2, 0.25) is 5.82 Å². The van der Waals surface area contributed by atoms with Crippen LogP contribution in [-0.2, 0) is 0 Å². The number of rotatable bonds is 1. The minimum Gasteiger partial charge on any atom is -0.410 e. The maximum atomic E-state index is 11.6. The van der Waals surface area contributed by atoms with Crippen molar-refractivity contribution in [2.24, 2.45) is 0 Å². The monoisotopic (exact) mass is 213 g/mol. The topological polar surface area (TPSA) is 67.9 Å². The zero-order valence-corrected chi connectivity index (χ0v) is 8.20. The third-order valence-electron chi connectivity index (χ3n) is 1.89. The quantitative estimate of drug-likeness (QED) is 0.724. The molecule has 0 N–H and O–H groups in total. The van der Waals surface area contributed by atoms with E-state index in [1.54, 1.807) is 30.3 Å². The highest BCUT2D eigenvalue weighted by Crippen LogP contribution is 2.10. The number of aromatic nitrogens is 2.